The van der Waals surface area contributed by atoms with Crippen LogP contribution in [0.25, 0.3) is 0 Å². The molecule has 4 heteroatoms. The second kappa shape index (κ2) is 7.14. The molecular weight excluding hydrogens is 240 g/mol. The van der Waals surface area contributed by atoms with Crippen LogP contribution in [-0.2, 0) is 4.74 Å². The zero-order valence-electron chi connectivity index (χ0n) is 12.3. The highest BCUT2D eigenvalue weighted by atomic mass is 16.5. The van der Waals surface area contributed by atoms with Crippen molar-refractivity contribution in [2.75, 3.05) is 32.5 Å². The molecule has 0 spiro atoms. The molecule has 0 unspecified atom stereocenters. The van der Waals surface area contributed by atoms with Crippen LogP contribution in [0.3, 0.4) is 0 Å². The number of nitrogen functional groups attached to an aromatic ring is 1. The van der Waals surface area contributed by atoms with E-state index in [0.717, 1.165) is 12.1 Å². The Labute approximate surface area is 115 Å². The lowest BCUT2D eigenvalue weighted by atomic mass is 10.1. The minimum Gasteiger partial charge on any atom is -0.399 e. The Morgan fingerprint density at radius 2 is 2.11 bits per heavy atom. The lowest BCUT2D eigenvalue weighted by Gasteiger charge is -2.25. The van der Waals surface area contributed by atoms with E-state index < -0.39 is 0 Å². The fourth-order valence-corrected chi connectivity index (χ4v) is 1.96. The lowest BCUT2D eigenvalue weighted by molar-refractivity contribution is 0.0671. The summed E-state index contributed by atoms with van der Waals surface area (Å²) in [5, 5.41) is 0. The first-order chi connectivity index (χ1) is 8.95. The van der Waals surface area contributed by atoms with Gasteiger partial charge in [-0.3, -0.25) is 4.79 Å². The molecule has 106 valence electrons. The molecule has 1 amide bonds. The zero-order chi connectivity index (χ0) is 14.4. The van der Waals surface area contributed by atoms with Crippen LogP contribution in [0.15, 0.2) is 18.2 Å². The van der Waals surface area contributed by atoms with E-state index in [-0.39, 0.29) is 5.91 Å². The van der Waals surface area contributed by atoms with Crippen LogP contribution >= 0.6 is 0 Å². The number of hydrogen-bond acceptors (Lipinski definition) is 3. The highest BCUT2D eigenvalue weighted by Crippen LogP contribution is 2.16. The molecule has 0 fully saturated rings. The van der Waals surface area contributed by atoms with Gasteiger partial charge in [-0.2, -0.15) is 0 Å². The van der Waals surface area contributed by atoms with E-state index in [1.165, 1.54) is 0 Å². The maximum atomic E-state index is 12.6. The second-order valence-corrected chi connectivity index (χ2v) is 5.21. The number of ether oxygens (including phenoxy) is 1. The summed E-state index contributed by atoms with van der Waals surface area (Å²) in [4.78, 5) is 14.4. The largest absolute Gasteiger partial charge is 0.399 e. The van der Waals surface area contributed by atoms with Gasteiger partial charge >= 0.3 is 0 Å². The Kier molecular flexibility index (Phi) is 5.83. The van der Waals surface area contributed by atoms with Crippen LogP contribution < -0.4 is 5.73 Å². The first kappa shape index (κ1) is 15.5. The van der Waals surface area contributed by atoms with Crippen molar-refractivity contribution >= 4 is 11.6 Å². The second-order valence-electron chi connectivity index (χ2n) is 5.21. The van der Waals surface area contributed by atoms with Crippen LogP contribution in [0.2, 0.25) is 0 Å². The Bertz CT molecular complexity index is 430. The highest BCUT2D eigenvalue weighted by Gasteiger charge is 2.18. The van der Waals surface area contributed by atoms with E-state index in [0.29, 0.717) is 30.3 Å². The van der Waals surface area contributed by atoms with Crippen molar-refractivity contribution in [1.82, 2.24) is 4.90 Å². The molecule has 0 aromatic heterocycles. The quantitative estimate of drug-likeness (QED) is 0.802. The third-order valence-electron chi connectivity index (χ3n) is 2.93. The average Bonchev–Trinajstić information content (AvgIpc) is 2.36. The maximum Gasteiger partial charge on any atom is 0.254 e. The van der Waals surface area contributed by atoms with Crippen molar-refractivity contribution in [1.29, 1.82) is 0 Å². The van der Waals surface area contributed by atoms with E-state index >= 15 is 0 Å². The molecule has 0 aliphatic heterocycles. The first-order valence-electron chi connectivity index (χ1n) is 6.60. The van der Waals surface area contributed by atoms with Crippen molar-refractivity contribution in [2.24, 2.45) is 5.92 Å². The minimum atomic E-state index is 0.0237. The fraction of sp³-hybridized carbons (Fsp3) is 0.533. The summed E-state index contributed by atoms with van der Waals surface area (Å²) in [5.41, 5.74) is 8.01. The van der Waals surface area contributed by atoms with Gasteiger partial charge in [-0.15, -0.1) is 0 Å². The van der Waals surface area contributed by atoms with E-state index in [9.17, 15) is 4.79 Å². The lowest BCUT2D eigenvalue weighted by Crippen LogP contribution is -2.37. The SMILES string of the molecule is COCCN(CC(C)C)C(=O)c1cc(N)ccc1C. The van der Waals surface area contributed by atoms with E-state index in [4.69, 9.17) is 10.5 Å². The van der Waals surface area contributed by atoms with Gasteiger partial charge in [0.1, 0.15) is 0 Å². The van der Waals surface area contributed by atoms with Gasteiger partial charge in [0.25, 0.3) is 5.91 Å². The van der Waals surface area contributed by atoms with Crippen LogP contribution in [0.5, 0.6) is 0 Å². The number of methoxy groups -OCH3 is 1. The van der Waals surface area contributed by atoms with Gasteiger partial charge < -0.3 is 15.4 Å². The van der Waals surface area contributed by atoms with E-state index in [1.807, 2.05) is 24.0 Å². The number of aryl methyl sites for hydroxylation is 1. The summed E-state index contributed by atoms with van der Waals surface area (Å²) >= 11 is 0. The summed E-state index contributed by atoms with van der Waals surface area (Å²) in [7, 11) is 1.64. The van der Waals surface area contributed by atoms with Gasteiger partial charge in [0.05, 0.1) is 6.61 Å². The van der Waals surface area contributed by atoms with Crippen molar-refractivity contribution in [3.63, 3.8) is 0 Å². The van der Waals surface area contributed by atoms with Crippen LogP contribution in [-0.4, -0.2) is 37.6 Å². The topological polar surface area (TPSA) is 55.6 Å². The van der Waals surface area contributed by atoms with Gasteiger partial charge in [-0.05, 0) is 30.5 Å². The van der Waals surface area contributed by atoms with Crippen LogP contribution in [0, 0.1) is 12.8 Å². The standard InChI is InChI=1S/C15H24N2O2/c1-11(2)10-17(7-8-19-4)15(18)14-9-13(16)6-5-12(14)3/h5-6,9,11H,7-8,10,16H2,1-4H3. The molecule has 0 atom stereocenters. The molecule has 1 aromatic carbocycles. The zero-order valence-corrected chi connectivity index (χ0v) is 12.3. The molecule has 1 aromatic rings. The predicted molar refractivity (Wildman–Crippen MR) is 78.2 cm³/mol. The molecular formula is C15H24N2O2. The van der Waals surface area contributed by atoms with Crippen molar-refractivity contribution < 1.29 is 9.53 Å². The van der Waals surface area contributed by atoms with Crippen molar-refractivity contribution in [2.45, 2.75) is 20.8 Å². The molecule has 0 aliphatic carbocycles. The molecule has 19 heavy (non-hydrogen) atoms. The Morgan fingerprint density at radius 3 is 2.68 bits per heavy atom. The molecule has 1 rings (SSSR count). The number of nitrogens with two attached hydrogens (primary N) is 1. The summed E-state index contributed by atoms with van der Waals surface area (Å²) in [5.74, 6) is 0.442. The third-order valence-corrected chi connectivity index (χ3v) is 2.93. The van der Waals surface area contributed by atoms with E-state index in [1.54, 1.807) is 13.2 Å². The number of nitrogens with zero attached hydrogens (tertiary/aromatic N) is 1. The fourth-order valence-electron chi connectivity index (χ4n) is 1.96. The third kappa shape index (κ3) is 4.56. The average molecular weight is 264 g/mol. The Morgan fingerprint density at radius 1 is 1.42 bits per heavy atom. The number of anilines is 1. The molecule has 0 heterocycles. The summed E-state index contributed by atoms with van der Waals surface area (Å²) in [6.45, 7) is 7.98. The molecule has 0 saturated carbocycles. The van der Waals surface area contributed by atoms with E-state index in [2.05, 4.69) is 13.8 Å². The van der Waals surface area contributed by atoms with Gasteiger partial charge in [0.15, 0.2) is 0 Å². The Hall–Kier alpha value is -1.55. The molecule has 0 saturated heterocycles. The molecule has 0 aliphatic rings. The molecule has 0 bridgehead atoms. The molecule has 2 N–H and O–H groups in total. The monoisotopic (exact) mass is 264 g/mol. The number of hydrogen-bond donors (Lipinski definition) is 1. The molecule has 0 radical (unpaired) electrons. The number of rotatable bonds is 6. The number of benzene rings is 1. The number of carbonyl (C=O) groups is 1. The van der Waals surface area contributed by atoms with Crippen molar-refractivity contribution in [3.8, 4) is 0 Å². The number of amides is 1. The van der Waals surface area contributed by atoms with Crippen LogP contribution in [0.1, 0.15) is 29.8 Å². The van der Waals surface area contributed by atoms with Crippen LogP contribution in [0.4, 0.5) is 5.69 Å². The summed E-state index contributed by atoms with van der Waals surface area (Å²) in [6, 6.07) is 5.44. The summed E-state index contributed by atoms with van der Waals surface area (Å²) < 4.78 is 5.08. The van der Waals surface area contributed by atoms with Gasteiger partial charge in [0, 0.05) is 31.5 Å². The molecule has 4 nitrogen and oxygen atoms in total. The highest BCUT2D eigenvalue weighted by molar-refractivity contribution is 5.96. The number of carbonyl (C=O) groups excluding carboxylic acids is 1. The maximum absolute atomic E-state index is 12.6. The predicted octanol–water partition coefficient (Wildman–Crippen LogP) is 2.32. The smallest absolute Gasteiger partial charge is 0.254 e. The normalized spacial score (nSPS) is 10.8. The van der Waals surface area contributed by atoms with Gasteiger partial charge in [0.2, 0.25) is 0 Å². The Balaban J connectivity index is 2.93. The minimum absolute atomic E-state index is 0.0237. The first-order valence-corrected chi connectivity index (χ1v) is 6.60. The van der Waals surface area contributed by atoms with Crippen molar-refractivity contribution in [3.05, 3.63) is 29.3 Å². The summed E-state index contributed by atoms with van der Waals surface area (Å²) in [6.07, 6.45) is 0. The van der Waals surface area contributed by atoms with Gasteiger partial charge in [-0.1, -0.05) is 19.9 Å². The van der Waals surface area contributed by atoms with Gasteiger partial charge in [-0.25, -0.2) is 0 Å².